The number of rotatable bonds is 4. The third-order valence-corrected chi connectivity index (χ3v) is 7.28. The van der Waals surface area contributed by atoms with Crippen LogP contribution in [0.25, 0.3) is 0 Å². The minimum absolute atomic E-state index is 0.0118. The number of alkyl halides is 3. The molecule has 0 bridgehead atoms. The monoisotopic (exact) mass is 538 g/mol. The zero-order valence-corrected chi connectivity index (χ0v) is 19.8. The van der Waals surface area contributed by atoms with E-state index in [0.29, 0.717) is 11.4 Å². The van der Waals surface area contributed by atoms with Crippen LogP contribution >= 0.6 is 47.0 Å². The van der Waals surface area contributed by atoms with Crippen LogP contribution in [0, 0.1) is 0 Å². The number of amides is 1. The Hall–Kier alpha value is -1.85. The Morgan fingerprint density at radius 3 is 2.52 bits per heavy atom. The smallest absolute Gasteiger partial charge is 0.362 e. The van der Waals surface area contributed by atoms with Gasteiger partial charge in [0.2, 0.25) is 0 Å². The molecule has 0 saturated carbocycles. The molecule has 0 radical (unpaired) electrons. The van der Waals surface area contributed by atoms with Gasteiger partial charge in [-0.25, -0.2) is 10.5 Å². The van der Waals surface area contributed by atoms with Gasteiger partial charge in [-0.3, -0.25) is 9.63 Å². The fourth-order valence-corrected chi connectivity index (χ4v) is 4.73. The van der Waals surface area contributed by atoms with E-state index in [1.54, 1.807) is 17.0 Å². The SMILES string of the molecule is O=C1NOCC1NC(=S)c1ccc(N2CCC(c3cc(Cl)c(Cl)c(Cl)c3)(C(F)(F)F)C2)nc1. The second-order valence-electron chi connectivity index (χ2n) is 7.71. The van der Waals surface area contributed by atoms with Crippen LogP contribution in [0.4, 0.5) is 19.0 Å². The van der Waals surface area contributed by atoms with Gasteiger partial charge in [-0.2, -0.15) is 13.2 Å². The number of aromatic nitrogens is 1. The number of hydrogen-bond acceptors (Lipinski definition) is 5. The average molecular weight is 540 g/mol. The molecule has 2 aliphatic heterocycles. The van der Waals surface area contributed by atoms with Gasteiger partial charge in [0.25, 0.3) is 5.91 Å². The number of hydrogen-bond donors (Lipinski definition) is 2. The Morgan fingerprint density at radius 1 is 1.27 bits per heavy atom. The quantitative estimate of drug-likeness (QED) is 0.442. The van der Waals surface area contributed by atoms with E-state index in [1.165, 1.54) is 18.3 Å². The van der Waals surface area contributed by atoms with E-state index in [2.05, 4.69) is 15.8 Å². The number of nitrogens with zero attached hydrogens (tertiary/aromatic N) is 2. The summed E-state index contributed by atoms with van der Waals surface area (Å²) in [6.07, 6.45) is -3.31. The van der Waals surface area contributed by atoms with Gasteiger partial charge in [0.1, 0.15) is 28.9 Å². The predicted molar refractivity (Wildman–Crippen MR) is 123 cm³/mol. The molecule has 2 fully saturated rings. The van der Waals surface area contributed by atoms with Crippen molar-refractivity contribution < 1.29 is 22.8 Å². The van der Waals surface area contributed by atoms with Gasteiger partial charge in [0, 0.05) is 24.8 Å². The van der Waals surface area contributed by atoms with Crippen LogP contribution in [0.2, 0.25) is 15.1 Å². The maximum absolute atomic E-state index is 14.3. The molecule has 2 unspecified atom stereocenters. The fourth-order valence-electron chi connectivity index (χ4n) is 3.87. The third kappa shape index (κ3) is 4.59. The highest BCUT2D eigenvalue weighted by Gasteiger charge is 2.59. The first-order valence-electron chi connectivity index (χ1n) is 9.67. The number of benzene rings is 1. The molecular weight excluding hydrogens is 524 g/mol. The van der Waals surface area contributed by atoms with Crippen LogP contribution in [0.3, 0.4) is 0 Å². The van der Waals surface area contributed by atoms with Crippen molar-refractivity contribution in [3.8, 4) is 0 Å². The summed E-state index contributed by atoms with van der Waals surface area (Å²) in [5.41, 5.74) is 0.508. The third-order valence-electron chi connectivity index (χ3n) is 5.73. The summed E-state index contributed by atoms with van der Waals surface area (Å²) in [7, 11) is 0. The first kappa shape index (κ1) is 24.3. The highest BCUT2D eigenvalue weighted by atomic mass is 35.5. The molecule has 1 aromatic carbocycles. The van der Waals surface area contributed by atoms with Crippen molar-refractivity contribution in [1.29, 1.82) is 0 Å². The second-order valence-corrected chi connectivity index (χ2v) is 9.31. The topological polar surface area (TPSA) is 66.5 Å². The number of pyridine rings is 1. The molecule has 2 saturated heterocycles. The van der Waals surface area contributed by atoms with Crippen molar-refractivity contribution in [2.75, 3.05) is 24.6 Å². The lowest BCUT2D eigenvalue weighted by atomic mass is 9.79. The molecule has 6 nitrogen and oxygen atoms in total. The van der Waals surface area contributed by atoms with Crippen LogP contribution in [0.1, 0.15) is 17.5 Å². The van der Waals surface area contributed by atoms with Gasteiger partial charge in [0.15, 0.2) is 0 Å². The lowest BCUT2D eigenvalue weighted by Gasteiger charge is -2.33. The van der Waals surface area contributed by atoms with Crippen molar-refractivity contribution in [2.45, 2.75) is 24.1 Å². The highest BCUT2D eigenvalue weighted by Crippen LogP contribution is 2.50. The van der Waals surface area contributed by atoms with E-state index >= 15 is 0 Å². The number of halogens is 6. The summed E-state index contributed by atoms with van der Waals surface area (Å²) < 4.78 is 42.9. The predicted octanol–water partition coefficient (Wildman–Crippen LogP) is 4.45. The van der Waals surface area contributed by atoms with E-state index in [0.717, 1.165) is 0 Å². The van der Waals surface area contributed by atoms with Gasteiger partial charge < -0.3 is 10.2 Å². The van der Waals surface area contributed by atoms with Gasteiger partial charge in [-0.1, -0.05) is 47.0 Å². The number of carbonyl (C=O) groups is 1. The minimum Gasteiger partial charge on any atom is -0.362 e. The van der Waals surface area contributed by atoms with Gasteiger partial charge >= 0.3 is 6.18 Å². The van der Waals surface area contributed by atoms with Crippen molar-refractivity contribution >= 4 is 63.7 Å². The Balaban J connectivity index is 1.55. The Kier molecular flexibility index (Phi) is 6.67. The summed E-state index contributed by atoms with van der Waals surface area (Å²) in [6.45, 7) is -0.123. The van der Waals surface area contributed by atoms with E-state index in [9.17, 15) is 18.0 Å². The molecule has 13 heteroatoms. The zero-order valence-electron chi connectivity index (χ0n) is 16.7. The summed E-state index contributed by atoms with van der Waals surface area (Å²) in [5.74, 6) is 0.0191. The van der Waals surface area contributed by atoms with E-state index in [-0.39, 0.29) is 57.6 Å². The normalized spacial score (nSPS) is 23.0. The first-order chi connectivity index (χ1) is 15.5. The molecule has 1 aromatic heterocycles. The Bertz CT molecular complexity index is 1080. The first-order valence-corrected chi connectivity index (χ1v) is 11.2. The molecule has 0 aliphatic carbocycles. The molecule has 1 amide bonds. The molecule has 3 heterocycles. The fraction of sp³-hybridized carbons (Fsp3) is 0.350. The Labute approximate surface area is 207 Å². The minimum atomic E-state index is -4.56. The van der Waals surface area contributed by atoms with Crippen LogP contribution in [0.15, 0.2) is 30.5 Å². The molecule has 2 atom stereocenters. The summed E-state index contributed by atoms with van der Waals surface area (Å²) in [6, 6.07) is 5.03. The van der Waals surface area contributed by atoms with E-state index < -0.39 is 17.6 Å². The second kappa shape index (κ2) is 9.07. The highest BCUT2D eigenvalue weighted by molar-refractivity contribution is 7.80. The molecule has 2 N–H and O–H groups in total. The van der Waals surface area contributed by atoms with Gasteiger partial charge in [-0.05, 0) is 36.2 Å². The molecule has 2 aliphatic rings. The van der Waals surface area contributed by atoms with E-state index in [4.69, 9.17) is 51.9 Å². The van der Waals surface area contributed by atoms with Crippen LogP contribution < -0.4 is 15.7 Å². The molecule has 2 aromatic rings. The van der Waals surface area contributed by atoms with Crippen LogP contribution in [0.5, 0.6) is 0 Å². The largest absolute Gasteiger partial charge is 0.400 e. The molecule has 33 heavy (non-hydrogen) atoms. The van der Waals surface area contributed by atoms with Gasteiger partial charge in [0.05, 0.1) is 15.1 Å². The Morgan fingerprint density at radius 2 is 1.97 bits per heavy atom. The number of thiocarbonyl (C=S) groups is 1. The van der Waals surface area contributed by atoms with Crippen molar-refractivity contribution in [1.82, 2.24) is 15.8 Å². The average Bonchev–Trinajstić information content (AvgIpc) is 3.39. The number of anilines is 1. The summed E-state index contributed by atoms with van der Waals surface area (Å²) in [4.78, 5) is 22.5. The van der Waals surface area contributed by atoms with Crippen LogP contribution in [-0.4, -0.2) is 47.8 Å². The zero-order chi connectivity index (χ0) is 24.0. The maximum atomic E-state index is 14.3. The number of nitrogens with one attached hydrogen (secondary N) is 2. The molecule has 0 spiro atoms. The van der Waals surface area contributed by atoms with Gasteiger partial charge in [-0.15, -0.1) is 0 Å². The lowest BCUT2D eigenvalue weighted by Crippen LogP contribution is -2.45. The van der Waals surface area contributed by atoms with E-state index in [1.807, 2.05) is 0 Å². The summed E-state index contributed by atoms with van der Waals surface area (Å²) in [5, 5.41) is 2.80. The summed E-state index contributed by atoms with van der Waals surface area (Å²) >= 11 is 23.3. The molecular formula is C20H16Cl3F3N4O2S. The maximum Gasteiger partial charge on any atom is 0.400 e. The lowest BCUT2D eigenvalue weighted by molar-refractivity contribution is -0.184. The standard InChI is InChI=1S/C20H16Cl3F3N4O2S/c21-12-5-11(6-13(22)16(12)23)19(20(24,25)26)3-4-30(9-19)15-2-1-10(7-27-15)18(33)28-14-8-32-29-17(14)31/h1-2,5-7,14H,3-4,8-9H2,(H,28,33)(H,29,31). The van der Waals surface area contributed by atoms with Crippen molar-refractivity contribution in [3.05, 3.63) is 56.7 Å². The molecule has 4 rings (SSSR count). The van der Waals surface area contributed by atoms with Crippen molar-refractivity contribution in [2.24, 2.45) is 0 Å². The van der Waals surface area contributed by atoms with Crippen molar-refractivity contribution in [3.63, 3.8) is 0 Å². The molecule has 176 valence electrons. The number of carbonyl (C=O) groups excluding carboxylic acids is 1. The van der Waals surface area contributed by atoms with Crippen LogP contribution in [-0.2, 0) is 15.0 Å². The number of hydroxylamine groups is 1.